The summed E-state index contributed by atoms with van der Waals surface area (Å²) in [4.78, 5) is 15.1. The topological polar surface area (TPSA) is 46.5 Å². The molecule has 0 radical (unpaired) electrons. The molecule has 2 amide bonds. The summed E-state index contributed by atoms with van der Waals surface area (Å²) in [5, 5.41) is 3.04. The Morgan fingerprint density at radius 3 is 2.57 bits per heavy atom. The second kappa shape index (κ2) is 7.43. The molecule has 0 aliphatic carbocycles. The van der Waals surface area contributed by atoms with E-state index >= 15 is 0 Å². The number of hydrogen-bond donors (Lipinski definition) is 1. The first kappa shape index (κ1) is 18.2. The minimum atomic E-state index is -0.109. The lowest BCUT2D eigenvalue weighted by Gasteiger charge is -2.38. The van der Waals surface area contributed by atoms with E-state index < -0.39 is 0 Å². The summed E-state index contributed by atoms with van der Waals surface area (Å²) in [6.45, 7) is 5.65. The number of carbonyl (C=O) groups is 1. The van der Waals surface area contributed by atoms with Crippen LogP contribution in [0, 0.1) is 13.8 Å². The highest BCUT2D eigenvalue weighted by atomic mass is 16.5. The number of rotatable bonds is 3. The average molecular weight is 375 g/mol. The lowest BCUT2D eigenvalue weighted by molar-refractivity contribution is 0.181. The van der Waals surface area contributed by atoms with Crippen molar-refractivity contribution in [1.82, 2.24) is 9.47 Å². The number of amides is 2. The third-order valence-corrected chi connectivity index (χ3v) is 5.36. The Morgan fingerprint density at radius 2 is 1.86 bits per heavy atom. The third kappa shape index (κ3) is 3.36. The Hall–Kier alpha value is -3.21. The van der Waals surface area contributed by atoms with Gasteiger partial charge in [0.25, 0.3) is 0 Å². The van der Waals surface area contributed by atoms with Crippen LogP contribution in [0.5, 0.6) is 5.75 Å². The summed E-state index contributed by atoms with van der Waals surface area (Å²) >= 11 is 0. The molecule has 0 saturated carbocycles. The summed E-state index contributed by atoms with van der Waals surface area (Å²) in [5.41, 5.74) is 5.48. The van der Waals surface area contributed by atoms with E-state index in [1.807, 2.05) is 29.2 Å². The first-order valence-electron chi connectivity index (χ1n) is 9.50. The number of aromatic nitrogens is 1. The Labute approximate surface area is 165 Å². The van der Waals surface area contributed by atoms with Crippen molar-refractivity contribution in [2.24, 2.45) is 0 Å². The maximum absolute atomic E-state index is 13.2. The number of carbonyl (C=O) groups excluding carboxylic acids is 1. The van der Waals surface area contributed by atoms with Crippen LogP contribution in [0.4, 0.5) is 10.5 Å². The van der Waals surface area contributed by atoms with E-state index in [0.717, 1.165) is 29.2 Å². The molecule has 28 heavy (non-hydrogen) atoms. The number of hydrogen-bond acceptors (Lipinski definition) is 2. The molecule has 1 N–H and O–H groups in total. The standard InChI is InChI=1S/C23H25N3O2/c1-16-6-11-20(17(2)15-16)22-21-5-4-12-25(21)13-14-26(22)23(27)24-18-7-9-19(28-3)10-8-18/h4-12,15,22H,13-14H2,1-3H3,(H,24,27). The van der Waals surface area contributed by atoms with Gasteiger partial charge in [0.2, 0.25) is 0 Å². The van der Waals surface area contributed by atoms with Crippen molar-refractivity contribution in [3.8, 4) is 5.75 Å². The van der Waals surface area contributed by atoms with Crippen LogP contribution in [0.25, 0.3) is 0 Å². The summed E-state index contributed by atoms with van der Waals surface area (Å²) < 4.78 is 7.43. The molecule has 1 aromatic heterocycles. The van der Waals surface area contributed by atoms with Gasteiger partial charge < -0.3 is 19.5 Å². The molecule has 144 valence electrons. The van der Waals surface area contributed by atoms with E-state index in [4.69, 9.17) is 4.74 Å². The molecule has 1 unspecified atom stereocenters. The van der Waals surface area contributed by atoms with E-state index in [9.17, 15) is 4.79 Å². The maximum atomic E-state index is 13.2. The molecule has 4 rings (SSSR count). The van der Waals surface area contributed by atoms with Crippen molar-refractivity contribution in [2.75, 3.05) is 19.0 Å². The Balaban J connectivity index is 1.67. The van der Waals surface area contributed by atoms with Gasteiger partial charge in [-0.3, -0.25) is 0 Å². The lowest BCUT2D eigenvalue weighted by Crippen LogP contribution is -2.44. The van der Waals surface area contributed by atoms with Gasteiger partial charge in [0.15, 0.2) is 0 Å². The van der Waals surface area contributed by atoms with Crippen LogP contribution in [0.1, 0.15) is 28.4 Å². The van der Waals surface area contributed by atoms with E-state index in [1.54, 1.807) is 7.11 Å². The maximum Gasteiger partial charge on any atom is 0.322 e. The highest BCUT2D eigenvalue weighted by Crippen LogP contribution is 2.35. The van der Waals surface area contributed by atoms with Crippen LogP contribution < -0.4 is 10.1 Å². The van der Waals surface area contributed by atoms with Crippen molar-refractivity contribution in [3.05, 3.63) is 83.2 Å². The number of methoxy groups -OCH3 is 1. The minimum Gasteiger partial charge on any atom is -0.497 e. The molecular weight excluding hydrogens is 350 g/mol. The number of aryl methyl sites for hydroxylation is 2. The Bertz CT molecular complexity index is 991. The fraction of sp³-hybridized carbons (Fsp3) is 0.261. The fourth-order valence-corrected chi connectivity index (χ4v) is 3.93. The minimum absolute atomic E-state index is 0.0948. The van der Waals surface area contributed by atoms with Crippen LogP contribution >= 0.6 is 0 Å². The largest absolute Gasteiger partial charge is 0.497 e. The molecule has 5 heteroatoms. The number of anilines is 1. The van der Waals surface area contributed by atoms with Crippen molar-refractivity contribution >= 4 is 11.7 Å². The van der Waals surface area contributed by atoms with E-state index in [1.165, 1.54) is 11.1 Å². The van der Waals surface area contributed by atoms with Gasteiger partial charge in [-0.1, -0.05) is 23.8 Å². The quantitative estimate of drug-likeness (QED) is 0.718. The summed E-state index contributed by atoms with van der Waals surface area (Å²) in [6.07, 6.45) is 2.09. The molecular formula is C23H25N3O2. The number of benzene rings is 2. The lowest BCUT2D eigenvalue weighted by atomic mass is 9.94. The van der Waals surface area contributed by atoms with Crippen molar-refractivity contribution < 1.29 is 9.53 Å². The van der Waals surface area contributed by atoms with Crippen molar-refractivity contribution in [1.29, 1.82) is 0 Å². The predicted molar refractivity (Wildman–Crippen MR) is 111 cm³/mol. The van der Waals surface area contributed by atoms with Gasteiger partial charge >= 0.3 is 6.03 Å². The SMILES string of the molecule is COc1ccc(NC(=O)N2CCn3cccc3C2c2ccc(C)cc2C)cc1. The monoisotopic (exact) mass is 375 g/mol. The van der Waals surface area contributed by atoms with Gasteiger partial charge in [-0.15, -0.1) is 0 Å². The molecule has 1 aliphatic heterocycles. The second-order valence-corrected chi connectivity index (χ2v) is 7.24. The second-order valence-electron chi connectivity index (χ2n) is 7.24. The number of urea groups is 1. The number of nitrogens with zero attached hydrogens (tertiary/aromatic N) is 2. The summed E-state index contributed by atoms with van der Waals surface area (Å²) in [6, 6.07) is 17.8. The van der Waals surface area contributed by atoms with Crippen LogP contribution in [0.2, 0.25) is 0 Å². The first-order valence-corrected chi connectivity index (χ1v) is 9.50. The van der Waals surface area contributed by atoms with Crippen LogP contribution in [-0.4, -0.2) is 29.2 Å². The van der Waals surface area contributed by atoms with Gasteiger partial charge in [0.05, 0.1) is 13.2 Å². The van der Waals surface area contributed by atoms with E-state index in [-0.39, 0.29) is 12.1 Å². The van der Waals surface area contributed by atoms with Crippen LogP contribution in [0.3, 0.4) is 0 Å². The smallest absolute Gasteiger partial charge is 0.322 e. The normalized spacial score (nSPS) is 15.8. The summed E-state index contributed by atoms with van der Waals surface area (Å²) in [5.74, 6) is 0.766. The Kier molecular flexibility index (Phi) is 4.82. The van der Waals surface area contributed by atoms with Crippen LogP contribution in [-0.2, 0) is 6.54 Å². The molecule has 5 nitrogen and oxygen atoms in total. The highest BCUT2D eigenvalue weighted by molar-refractivity contribution is 5.90. The number of nitrogens with one attached hydrogen (secondary N) is 1. The highest BCUT2D eigenvalue weighted by Gasteiger charge is 2.33. The molecule has 2 aromatic carbocycles. The zero-order valence-corrected chi connectivity index (χ0v) is 16.5. The molecule has 0 spiro atoms. The van der Waals surface area contributed by atoms with Gasteiger partial charge in [0.1, 0.15) is 5.75 Å². The molecule has 2 heterocycles. The summed E-state index contributed by atoms with van der Waals surface area (Å²) in [7, 11) is 1.63. The van der Waals surface area contributed by atoms with Crippen molar-refractivity contribution in [3.63, 3.8) is 0 Å². The van der Waals surface area contributed by atoms with Gasteiger partial charge in [-0.05, 0) is 61.4 Å². The number of ether oxygens (including phenoxy) is 1. The molecule has 0 fully saturated rings. The first-order chi connectivity index (χ1) is 13.6. The van der Waals surface area contributed by atoms with Gasteiger partial charge in [-0.2, -0.15) is 0 Å². The zero-order valence-electron chi connectivity index (χ0n) is 16.5. The fourth-order valence-electron chi connectivity index (χ4n) is 3.93. The van der Waals surface area contributed by atoms with E-state index in [0.29, 0.717) is 6.54 Å². The number of fused-ring (bicyclic) bond motifs is 1. The molecule has 0 bridgehead atoms. The third-order valence-electron chi connectivity index (χ3n) is 5.36. The zero-order chi connectivity index (χ0) is 19.7. The van der Waals surface area contributed by atoms with Gasteiger partial charge in [-0.25, -0.2) is 4.79 Å². The molecule has 1 atom stereocenters. The van der Waals surface area contributed by atoms with Crippen LogP contribution in [0.15, 0.2) is 60.8 Å². The predicted octanol–water partition coefficient (Wildman–Crippen LogP) is 4.75. The van der Waals surface area contributed by atoms with Crippen molar-refractivity contribution in [2.45, 2.75) is 26.4 Å². The Morgan fingerprint density at radius 1 is 1.07 bits per heavy atom. The van der Waals surface area contributed by atoms with E-state index in [2.05, 4.69) is 60.3 Å². The molecule has 1 aliphatic rings. The molecule has 0 saturated heterocycles. The van der Waals surface area contributed by atoms with Gasteiger partial charge in [0, 0.05) is 30.7 Å². The molecule has 3 aromatic rings. The average Bonchev–Trinajstić information content (AvgIpc) is 3.17.